The molecule has 2 aromatic carbocycles. The molecule has 0 aliphatic heterocycles. The van der Waals surface area contributed by atoms with Crippen molar-refractivity contribution in [2.45, 2.75) is 12.3 Å². The lowest BCUT2D eigenvalue weighted by molar-refractivity contribution is 0.373. The standard InChI is InChI=1S/C17H21NO3/c1-20-15-6-4-13(5-7-15)14(11-18)9-12-3-8-16(19)17(10-12)21-2/h3-8,10,14,19H,9,11,18H2,1-2H3. The van der Waals surface area contributed by atoms with Gasteiger partial charge in [-0.1, -0.05) is 18.2 Å². The maximum absolute atomic E-state index is 9.64. The lowest BCUT2D eigenvalue weighted by Gasteiger charge is -2.16. The van der Waals surface area contributed by atoms with E-state index >= 15 is 0 Å². The lowest BCUT2D eigenvalue weighted by atomic mass is 9.92. The molecule has 4 nitrogen and oxygen atoms in total. The smallest absolute Gasteiger partial charge is 0.160 e. The lowest BCUT2D eigenvalue weighted by Crippen LogP contribution is -2.15. The zero-order valence-electron chi connectivity index (χ0n) is 12.4. The number of phenols is 1. The molecule has 0 bridgehead atoms. The Kier molecular flexibility index (Phi) is 5.06. The molecule has 0 saturated carbocycles. The molecule has 0 heterocycles. The molecule has 1 atom stereocenters. The Morgan fingerprint density at radius 3 is 2.33 bits per heavy atom. The molecule has 21 heavy (non-hydrogen) atoms. The molecule has 1 unspecified atom stereocenters. The fraction of sp³-hybridized carbons (Fsp3) is 0.294. The van der Waals surface area contributed by atoms with Crippen LogP contribution in [0.5, 0.6) is 17.2 Å². The summed E-state index contributed by atoms with van der Waals surface area (Å²) in [6.45, 7) is 0.551. The summed E-state index contributed by atoms with van der Waals surface area (Å²) in [5.74, 6) is 1.68. The largest absolute Gasteiger partial charge is 0.504 e. The molecular weight excluding hydrogens is 266 g/mol. The summed E-state index contributed by atoms with van der Waals surface area (Å²) in [4.78, 5) is 0. The molecule has 0 spiro atoms. The highest BCUT2D eigenvalue weighted by Gasteiger charge is 2.12. The SMILES string of the molecule is COc1ccc(C(CN)Cc2ccc(O)c(OC)c2)cc1. The number of rotatable bonds is 6. The third kappa shape index (κ3) is 3.67. The fourth-order valence-electron chi connectivity index (χ4n) is 2.35. The molecule has 0 aromatic heterocycles. The number of methoxy groups -OCH3 is 2. The number of hydrogen-bond donors (Lipinski definition) is 2. The molecule has 0 fully saturated rings. The van der Waals surface area contributed by atoms with Gasteiger partial charge in [0.25, 0.3) is 0 Å². The van der Waals surface area contributed by atoms with Crippen molar-refractivity contribution in [2.24, 2.45) is 5.73 Å². The van der Waals surface area contributed by atoms with Crippen LogP contribution in [0.2, 0.25) is 0 Å². The topological polar surface area (TPSA) is 64.7 Å². The zero-order valence-corrected chi connectivity index (χ0v) is 12.4. The van der Waals surface area contributed by atoms with Crippen molar-refractivity contribution in [1.29, 1.82) is 0 Å². The van der Waals surface area contributed by atoms with E-state index in [1.54, 1.807) is 20.3 Å². The first-order valence-electron chi connectivity index (χ1n) is 6.87. The molecule has 0 radical (unpaired) electrons. The summed E-state index contributed by atoms with van der Waals surface area (Å²) in [7, 11) is 3.20. The first-order chi connectivity index (χ1) is 10.2. The highest BCUT2D eigenvalue weighted by atomic mass is 16.5. The second kappa shape index (κ2) is 6.99. The Morgan fingerprint density at radius 1 is 1.05 bits per heavy atom. The summed E-state index contributed by atoms with van der Waals surface area (Å²) in [5, 5.41) is 9.64. The van der Waals surface area contributed by atoms with Gasteiger partial charge < -0.3 is 20.3 Å². The van der Waals surface area contributed by atoms with E-state index in [2.05, 4.69) is 0 Å². The highest BCUT2D eigenvalue weighted by Crippen LogP contribution is 2.29. The predicted molar refractivity (Wildman–Crippen MR) is 83.2 cm³/mol. The molecule has 0 amide bonds. The highest BCUT2D eigenvalue weighted by molar-refractivity contribution is 5.42. The van der Waals surface area contributed by atoms with Gasteiger partial charge in [0, 0.05) is 5.92 Å². The van der Waals surface area contributed by atoms with E-state index in [4.69, 9.17) is 15.2 Å². The average molecular weight is 287 g/mol. The van der Waals surface area contributed by atoms with Crippen LogP contribution in [0, 0.1) is 0 Å². The molecule has 3 N–H and O–H groups in total. The van der Waals surface area contributed by atoms with Crippen LogP contribution in [0.4, 0.5) is 0 Å². The van der Waals surface area contributed by atoms with Crippen LogP contribution >= 0.6 is 0 Å². The van der Waals surface area contributed by atoms with E-state index in [0.717, 1.165) is 17.7 Å². The van der Waals surface area contributed by atoms with Crippen LogP contribution < -0.4 is 15.2 Å². The quantitative estimate of drug-likeness (QED) is 0.857. The van der Waals surface area contributed by atoms with Gasteiger partial charge in [0.15, 0.2) is 11.5 Å². The molecule has 0 aliphatic rings. The van der Waals surface area contributed by atoms with E-state index in [0.29, 0.717) is 12.3 Å². The Bertz CT molecular complexity index is 581. The number of hydrogen-bond acceptors (Lipinski definition) is 4. The molecule has 4 heteroatoms. The van der Waals surface area contributed by atoms with Crippen molar-refractivity contribution in [3.05, 3.63) is 53.6 Å². The van der Waals surface area contributed by atoms with Gasteiger partial charge in [0.2, 0.25) is 0 Å². The number of phenolic OH excluding ortho intramolecular Hbond substituents is 1. The van der Waals surface area contributed by atoms with Crippen LogP contribution in [0.25, 0.3) is 0 Å². The second-order valence-electron chi connectivity index (χ2n) is 4.92. The van der Waals surface area contributed by atoms with Gasteiger partial charge in [-0.05, 0) is 48.4 Å². The van der Waals surface area contributed by atoms with Gasteiger partial charge in [-0.2, -0.15) is 0 Å². The molecule has 2 aromatic rings. The number of nitrogens with two attached hydrogens (primary N) is 1. The number of aromatic hydroxyl groups is 1. The van der Waals surface area contributed by atoms with Crippen molar-refractivity contribution in [1.82, 2.24) is 0 Å². The van der Waals surface area contributed by atoms with Gasteiger partial charge in [-0.15, -0.1) is 0 Å². The molecular formula is C17H21NO3. The first kappa shape index (κ1) is 15.2. The third-order valence-corrected chi connectivity index (χ3v) is 3.60. The van der Waals surface area contributed by atoms with Crippen LogP contribution in [0.15, 0.2) is 42.5 Å². The summed E-state index contributed by atoms with van der Waals surface area (Å²) in [5.41, 5.74) is 8.16. The van der Waals surface area contributed by atoms with Crippen LogP contribution in [-0.4, -0.2) is 25.9 Å². The maximum atomic E-state index is 9.64. The van der Waals surface area contributed by atoms with Gasteiger partial charge in [-0.3, -0.25) is 0 Å². The van der Waals surface area contributed by atoms with E-state index in [1.807, 2.05) is 36.4 Å². The van der Waals surface area contributed by atoms with E-state index in [-0.39, 0.29) is 11.7 Å². The van der Waals surface area contributed by atoms with E-state index in [9.17, 15) is 5.11 Å². The molecule has 2 rings (SSSR count). The maximum Gasteiger partial charge on any atom is 0.160 e. The Hall–Kier alpha value is -2.20. The van der Waals surface area contributed by atoms with E-state index < -0.39 is 0 Å². The summed E-state index contributed by atoms with van der Waals surface area (Å²) in [6, 6.07) is 13.3. The minimum Gasteiger partial charge on any atom is -0.504 e. The third-order valence-electron chi connectivity index (χ3n) is 3.60. The Balaban J connectivity index is 2.18. The molecule has 112 valence electrons. The summed E-state index contributed by atoms with van der Waals surface area (Å²) < 4.78 is 10.3. The van der Waals surface area contributed by atoms with Crippen molar-refractivity contribution >= 4 is 0 Å². The van der Waals surface area contributed by atoms with Gasteiger partial charge in [0.1, 0.15) is 5.75 Å². The van der Waals surface area contributed by atoms with Crippen LogP contribution in [0.1, 0.15) is 17.0 Å². The summed E-state index contributed by atoms with van der Waals surface area (Å²) in [6.07, 6.45) is 0.791. The second-order valence-corrected chi connectivity index (χ2v) is 4.92. The first-order valence-corrected chi connectivity index (χ1v) is 6.87. The fourth-order valence-corrected chi connectivity index (χ4v) is 2.35. The van der Waals surface area contributed by atoms with Crippen molar-refractivity contribution in [3.63, 3.8) is 0 Å². The van der Waals surface area contributed by atoms with Crippen LogP contribution in [0.3, 0.4) is 0 Å². The summed E-state index contributed by atoms with van der Waals surface area (Å²) >= 11 is 0. The van der Waals surface area contributed by atoms with Crippen molar-refractivity contribution in [3.8, 4) is 17.2 Å². The van der Waals surface area contributed by atoms with E-state index in [1.165, 1.54) is 5.56 Å². The monoisotopic (exact) mass is 287 g/mol. The molecule has 0 aliphatic carbocycles. The van der Waals surface area contributed by atoms with Crippen LogP contribution in [-0.2, 0) is 6.42 Å². The van der Waals surface area contributed by atoms with Gasteiger partial charge in [0.05, 0.1) is 14.2 Å². The van der Waals surface area contributed by atoms with Crippen molar-refractivity contribution in [2.75, 3.05) is 20.8 Å². The minimum atomic E-state index is 0.148. The number of benzene rings is 2. The predicted octanol–water partition coefficient (Wildman–Crippen LogP) is 2.69. The van der Waals surface area contributed by atoms with Gasteiger partial charge >= 0.3 is 0 Å². The minimum absolute atomic E-state index is 0.148. The Labute approximate surface area is 125 Å². The zero-order chi connectivity index (χ0) is 15.2. The average Bonchev–Trinajstić information content (AvgIpc) is 2.54. The van der Waals surface area contributed by atoms with Gasteiger partial charge in [-0.25, -0.2) is 0 Å². The van der Waals surface area contributed by atoms with Crippen molar-refractivity contribution < 1.29 is 14.6 Å². The normalized spacial score (nSPS) is 12.0. The Morgan fingerprint density at radius 2 is 1.76 bits per heavy atom. The molecule has 0 saturated heterocycles. The number of ether oxygens (including phenoxy) is 2.